The van der Waals surface area contributed by atoms with Gasteiger partial charge >= 0.3 is 0 Å². The second-order valence-electron chi connectivity index (χ2n) is 7.40. The van der Waals surface area contributed by atoms with E-state index in [0.717, 1.165) is 18.5 Å². The number of carbonyl (C=O) groups is 1. The molecule has 2 aromatic carbocycles. The van der Waals surface area contributed by atoms with Gasteiger partial charge in [-0.2, -0.15) is 0 Å². The van der Waals surface area contributed by atoms with E-state index in [1.54, 1.807) is 43.3 Å². The van der Waals surface area contributed by atoms with E-state index >= 15 is 0 Å². The van der Waals surface area contributed by atoms with Crippen molar-refractivity contribution in [3.63, 3.8) is 0 Å². The number of rotatable bonds is 8. The van der Waals surface area contributed by atoms with E-state index in [2.05, 4.69) is 4.90 Å². The number of benzene rings is 2. The van der Waals surface area contributed by atoms with Crippen molar-refractivity contribution in [1.82, 2.24) is 9.80 Å². The number of nitrogens with zero attached hydrogens (tertiary/aromatic N) is 2. The molecule has 0 aliphatic carbocycles. The number of likely N-dealkylation sites (N-methyl/N-ethyl adjacent to an activating group) is 1. The van der Waals surface area contributed by atoms with Crippen LogP contribution in [0.4, 0.5) is 0 Å². The van der Waals surface area contributed by atoms with Crippen molar-refractivity contribution in [3.05, 3.63) is 70.7 Å². The number of hydrogen-bond acceptors (Lipinski definition) is 3. The summed E-state index contributed by atoms with van der Waals surface area (Å²) in [6, 6.07) is 16.7. The van der Waals surface area contributed by atoms with Crippen LogP contribution in [0.15, 0.2) is 54.6 Å². The minimum absolute atomic E-state index is 0.102. The van der Waals surface area contributed by atoms with Crippen molar-refractivity contribution in [2.24, 2.45) is 0 Å². The Bertz CT molecular complexity index is 732. The second-order valence-corrected chi connectivity index (χ2v) is 7.83. The third kappa shape index (κ3) is 4.89. The summed E-state index contributed by atoms with van der Waals surface area (Å²) in [6.45, 7) is 0.836. The molecule has 2 aromatic rings. The first kappa shape index (κ1) is 21.4. The molecule has 0 fully saturated rings. The number of halogens is 1. The molecule has 0 aliphatic rings. The largest absolute Gasteiger partial charge is 0.387 e. The van der Waals surface area contributed by atoms with Crippen LogP contribution in [0.5, 0.6) is 0 Å². The highest BCUT2D eigenvalue weighted by Crippen LogP contribution is 2.43. The first-order valence-electron chi connectivity index (χ1n) is 9.14. The number of carbonyl (C=O) groups excluding carboxylic acids is 1. The highest BCUT2D eigenvalue weighted by molar-refractivity contribution is 6.30. The van der Waals surface area contributed by atoms with Crippen LogP contribution >= 0.6 is 11.6 Å². The lowest BCUT2D eigenvalue weighted by Gasteiger charge is -2.39. The predicted molar refractivity (Wildman–Crippen MR) is 111 cm³/mol. The summed E-state index contributed by atoms with van der Waals surface area (Å²) in [4.78, 5) is 17.1. The Hall–Kier alpha value is -1.88. The highest BCUT2D eigenvalue weighted by Gasteiger charge is 2.47. The topological polar surface area (TPSA) is 43.8 Å². The first-order chi connectivity index (χ1) is 12.8. The van der Waals surface area contributed by atoms with E-state index in [1.165, 1.54) is 0 Å². The molecule has 1 amide bonds. The Morgan fingerprint density at radius 1 is 1.04 bits per heavy atom. The maximum atomic E-state index is 13.4. The van der Waals surface area contributed by atoms with Gasteiger partial charge in [0.25, 0.3) is 0 Å². The summed E-state index contributed by atoms with van der Waals surface area (Å²) in [5.74, 6) is -0.102. The van der Waals surface area contributed by atoms with Gasteiger partial charge in [-0.05, 0) is 56.7 Å². The van der Waals surface area contributed by atoms with Gasteiger partial charge in [-0.25, -0.2) is 0 Å². The fourth-order valence-electron chi connectivity index (χ4n) is 3.52. The van der Waals surface area contributed by atoms with Gasteiger partial charge < -0.3 is 14.9 Å². The maximum Gasteiger partial charge on any atom is 0.235 e. The van der Waals surface area contributed by atoms with Crippen LogP contribution in [0.3, 0.4) is 0 Å². The Balaban J connectivity index is 2.58. The molecule has 1 N–H and O–H groups in total. The molecule has 0 bridgehead atoms. The standard InChI is InChI=1S/C22H29ClN2O2/c1-24(2)16-8-15-22(21(27)25(3)4,18-9-6-5-7-10-18)20(26)17-11-13-19(23)14-12-17/h5-7,9-14,20,26H,8,15-16H2,1-4H3. The van der Waals surface area contributed by atoms with E-state index in [4.69, 9.17) is 11.6 Å². The molecule has 0 spiro atoms. The van der Waals surface area contributed by atoms with Crippen LogP contribution in [0.1, 0.15) is 30.1 Å². The monoisotopic (exact) mass is 388 g/mol. The van der Waals surface area contributed by atoms with Crippen molar-refractivity contribution in [2.45, 2.75) is 24.4 Å². The van der Waals surface area contributed by atoms with E-state index < -0.39 is 11.5 Å². The number of amides is 1. The summed E-state index contributed by atoms with van der Waals surface area (Å²) in [7, 11) is 7.49. The van der Waals surface area contributed by atoms with Crippen LogP contribution < -0.4 is 0 Å². The van der Waals surface area contributed by atoms with Crippen LogP contribution in [0.25, 0.3) is 0 Å². The molecule has 0 radical (unpaired) electrons. The van der Waals surface area contributed by atoms with Gasteiger partial charge in [-0.15, -0.1) is 0 Å². The molecule has 0 aliphatic heterocycles. The molecule has 5 heteroatoms. The molecule has 2 unspecified atom stereocenters. The van der Waals surface area contributed by atoms with Gasteiger partial charge in [-0.1, -0.05) is 54.1 Å². The summed E-state index contributed by atoms with van der Waals surface area (Å²) in [5, 5.41) is 12.1. The third-order valence-corrected chi connectivity index (χ3v) is 5.16. The SMILES string of the molecule is CN(C)CCCC(C(=O)N(C)C)(c1ccccc1)C(O)c1ccc(Cl)cc1. The highest BCUT2D eigenvalue weighted by atomic mass is 35.5. The van der Waals surface area contributed by atoms with Gasteiger partial charge in [0.2, 0.25) is 5.91 Å². The Morgan fingerprint density at radius 3 is 2.15 bits per heavy atom. The summed E-state index contributed by atoms with van der Waals surface area (Å²) >= 11 is 6.02. The van der Waals surface area contributed by atoms with E-state index in [1.807, 2.05) is 44.4 Å². The fraction of sp³-hybridized carbons (Fsp3) is 0.409. The van der Waals surface area contributed by atoms with E-state index in [0.29, 0.717) is 17.0 Å². The molecule has 4 nitrogen and oxygen atoms in total. The lowest BCUT2D eigenvalue weighted by Crippen LogP contribution is -2.48. The van der Waals surface area contributed by atoms with Crippen molar-refractivity contribution >= 4 is 17.5 Å². The fourth-order valence-corrected chi connectivity index (χ4v) is 3.65. The molecule has 2 atom stereocenters. The van der Waals surface area contributed by atoms with Crippen LogP contribution in [-0.4, -0.2) is 55.5 Å². The number of hydrogen-bond donors (Lipinski definition) is 1. The second kappa shape index (κ2) is 9.36. The Labute approximate surface area is 167 Å². The molecule has 0 heterocycles. The lowest BCUT2D eigenvalue weighted by molar-refractivity contribution is -0.140. The Kier molecular flexibility index (Phi) is 7.42. The van der Waals surface area contributed by atoms with Gasteiger partial charge in [0, 0.05) is 19.1 Å². The quantitative estimate of drug-likeness (QED) is 0.749. The molecule has 0 saturated carbocycles. The van der Waals surface area contributed by atoms with E-state index in [-0.39, 0.29) is 5.91 Å². The normalized spacial score (nSPS) is 14.6. The zero-order chi connectivity index (χ0) is 20.0. The zero-order valence-electron chi connectivity index (χ0n) is 16.5. The predicted octanol–water partition coefficient (Wildman–Crippen LogP) is 3.74. The van der Waals surface area contributed by atoms with Gasteiger partial charge in [-0.3, -0.25) is 4.79 Å². The third-order valence-electron chi connectivity index (χ3n) is 4.91. The van der Waals surface area contributed by atoms with Gasteiger partial charge in [0.05, 0.1) is 6.10 Å². The van der Waals surface area contributed by atoms with Crippen molar-refractivity contribution in [3.8, 4) is 0 Å². The molecule has 27 heavy (non-hydrogen) atoms. The van der Waals surface area contributed by atoms with Crippen molar-refractivity contribution in [2.75, 3.05) is 34.7 Å². The molecule has 0 aromatic heterocycles. The molecular formula is C22H29ClN2O2. The number of aliphatic hydroxyl groups is 1. The van der Waals surface area contributed by atoms with Crippen LogP contribution in [0, 0.1) is 0 Å². The van der Waals surface area contributed by atoms with Crippen molar-refractivity contribution in [1.29, 1.82) is 0 Å². The molecular weight excluding hydrogens is 360 g/mol. The average Bonchev–Trinajstić information content (AvgIpc) is 2.65. The zero-order valence-corrected chi connectivity index (χ0v) is 17.3. The van der Waals surface area contributed by atoms with Gasteiger partial charge in [0.15, 0.2) is 0 Å². The molecule has 2 rings (SSSR count). The maximum absolute atomic E-state index is 13.4. The first-order valence-corrected chi connectivity index (χ1v) is 9.52. The summed E-state index contributed by atoms with van der Waals surface area (Å²) in [5.41, 5.74) is 0.447. The lowest BCUT2D eigenvalue weighted by atomic mass is 9.69. The van der Waals surface area contributed by atoms with Crippen molar-refractivity contribution < 1.29 is 9.90 Å². The average molecular weight is 389 g/mol. The number of aliphatic hydroxyl groups excluding tert-OH is 1. The van der Waals surface area contributed by atoms with Crippen LogP contribution in [-0.2, 0) is 10.2 Å². The molecule has 146 valence electrons. The van der Waals surface area contributed by atoms with E-state index in [9.17, 15) is 9.90 Å². The van der Waals surface area contributed by atoms with Gasteiger partial charge in [0.1, 0.15) is 5.41 Å². The summed E-state index contributed by atoms with van der Waals surface area (Å²) in [6.07, 6.45) is 0.344. The smallest absolute Gasteiger partial charge is 0.235 e. The minimum atomic E-state index is -1.06. The Morgan fingerprint density at radius 2 is 1.63 bits per heavy atom. The molecule has 0 saturated heterocycles. The summed E-state index contributed by atoms with van der Waals surface area (Å²) < 4.78 is 0. The minimum Gasteiger partial charge on any atom is -0.387 e. The van der Waals surface area contributed by atoms with Crippen LogP contribution in [0.2, 0.25) is 5.02 Å².